The molecule has 0 amide bonds. The monoisotopic (exact) mass is 1140 g/mol. The SMILES string of the molecule is C=c1/c(=C(/c2ccccc2)c2c(Cc3ccccc3)n3c4cccc(N(c5ccccc5)c5cccc6c5oc5c(CC)cccc56)c4c4cccc2c43)n2c3cccc(N(c4ccccc4)c4cccc5c4oc4c(CC)cccc45)c3c3cccc1c32. The Morgan fingerprint density at radius 2 is 0.775 bits per heavy atom. The number of nitrogens with zero attached hydrogens (tertiary/aromatic N) is 4. The summed E-state index contributed by atoms with van der Waals surface area (Å²) in [5, 5.41) is 13.5. The van der Waals surface area contributed by atoms with Crippen LogP contribution in [0.2, 0.25) is 0 Å². The maximum atomic E-state index is 7.07. The fourth-order valence-corrected chi connectivity index (χ4v) is 15.2. The molecule has 6 nitrogen and oxygen atoms in total. The topological polar surface area (TPSA) is 41.6 Å². The van der Waals surface area contributed by atoms with Crippen LogP contribution in [0.3, 0.4) is 0 Å². The zero-order chi connectivity index (χ0) is 59.0. The molecule has 89 heavy (non-hydrogen) atoms. The number of benzene rings is 12. The molecule has 422 valence electrons. The van der Waals surface area contributed by atoms with Crippen molar-refractivity contribution in [3.05, 3.63) is 311 Å². The standard InChI is InChI=1S/C83H58N4O2/c1-4-53-30-18-37-59-61-39-22-48-70(82(61)88-80(53)59)84(56-32-14-8-15-33-56)66-44-24-46-68-74(66)64-42-21-43-65-76(72(86(68)79(64)65)50-52-26-10-6-11-27-52)73(55-28-12-7-13-29-55)77-51(3)58-36-20-41-63-75-67(45-25-47-69(75)87(77)78(58)63)85(57-34-16-9-17-35-57)71-49-23-40-62-60-38-19-31-54(5-2)81(60)89-83(62)71/h6-49H,3-5,50H2,1-2H3/b77-73+. The molecule has 6 aromatic heterocycles. The van der Waals surface area contributed by atoms with E-state index in [1.165, 1.54) is 49.6 Å². The van der Waals surface area contributed by atoms with Crippen molar-refractivity contribution < 1.29 is 8.83 Å². The van der Waals surface area contributed by atoms with Crippen LogP contribution in [0.1, 0.15) is 47.4 Å². The molecule has 0 fully saturated rings. The zero-order valence-electron chi connectivity index (χ0n) is 49.3. The van der Waals surface area contributed by atoms with E-state index in [0.717, 1.165) is 145 Å². The summed E-state index contributed by atoms with van der Waals surface area (Å²) < 4.78 is 19.3. The van der Waals surface area contributed by atoms with Crippen LogP contribution >= 0.6 is 0 Å². The summed E-state index contributed by atoms with van der Waals surface area (Å²) in [4.78, 5) is 4.83. The number of anilines is 6. The van der Waals surface area contributed by atoms with Crippen molar-refractivity contribution >= 4 is 145 Å². The number of hydrogen-bond acceptors (Lipinski definition) is 4. The Balaban J connectivity index is 0.950. The molecule has 12 aromatic carbocycles. The van der Waals surface area contributed by atoms with Gasteiger partial charge in [-0.1, -0.05) is 227 Å². The first-order chi connectivity index (χ1) is 44.1. The summed E-state index contributed by atoms with van der Waals surface area (Å²) >= 11 is 0. The van der Waals surface area contributed by atoms with Crippen LogP contribution in [0.5, 0.6) is 0 Å². The van der Waals surface area contributed by atoms with E-state index < -0.39 is 0 Å². The quantitative estimate of drug-likeness (QED) is 0.122. The van der Waals surface area contributed by atoms with E-state index in [-0.39, 0.29) is 0 Å². The summed E-state index contributed by atoms with van der Waals surface area (Å²) in [6.45, 7) is 9.53. The van der Waals surface area contributed by atoms with Gasteiger partial charge in [-0.2, -0.15) is 0 Å². The van der Waals surface area contributed by atoms with Gasteiger partial charge in [-0.3, -0.25) is 0 Å². The van der Waals surface area contributed by atoms with Crippen molar-refractivity contribution in [1.82, 2.24) is 8.80 Å². The Morgan fingerprint density at radius 1 is 0.371 bits per heavy atom. The third kappa shape index (κ3) is 7.38. The first-order valence-corrected chi connectivity index (χ1v) is 31.0. The van der Waals surface area contributed by atoms with E-state index in [1.807, 2.05) is 0 Å². The first kappa shape index (κ1) is 50.9. The molecule has 18 rings (SSSR count). The first-order valence-electron chi connectivity index (χ1n) is 31.0. The minimum absolute atomic E-state index is 0.669. The summed E-state index contributed by atoms with van der Waals surface area (Å²) in [6, 6.07) is 97.3. The van der Waals surface area contributed by atoms with Crippen molar-refractivity contribution in [3.8, 4) is 0 Å². The van der Waals surface area contributed by atoms with E-state index in [9.17, 15) is 0 Å². The number of para-hydroxylation sites is 8. The van der Waals surface area contributed by atoms with Crippen molar-refractivity contribution in [2.75, 3.05) is 9.80 Å². The maximum absolute atomic E-state index is 7.07. The van der Waals surface area contributed by atoms with Gasteiger partial charge in [0.2, 0.25) is 0 Å². The van der Waals surface area contributed by atoms with Crippen LogP contribution in [0, 0.1) is 0 Å². The molecule has 0 unspecified atom stereocenters. The van der Waals surface area contributed by atoms with Gasteiger partial charge in [0.25, 0.3) is 0 Å². The fraction of sp³-hybridized carbons (Fsp3) is 0.0602. The van der Waals surface area contributed by atoms with Crippen LogP contribution in [-0.2, 0) is 19.3 Å². The zero-order valence-corrected chi connectivity index (χ0v) is 49.3. The van der Waals surface area contributed by atoms with E-state index in [1.54, 1.807) is 0 Å². The molecule has 0 saturated heterocycles. The molecule has 0 saturated carbocycles. The van der Waals surface area contributed by atoms with Crippen molar-refractivity contribution in [2.24, 2.45) is 0 Å². The van der Waals surface area contributed by atoms with Crippen molar-refractivity contribution in [3.63, 3.8) is 0 Å². The minimum atomic E-state index is 0.669. The molecule has 0 aliphatic rings. The lowest BCUT2D eigenvalue weighted by Crippen LogP contribution is -2.29. The summed E-state index contributed by atoms with van der Waals surface area (Å²) in [7, 11) is 0. The highest BCUT2D eigenvalue weighted by Crippen LogP contribution is 2.51. The number of rotatable bonds is 12. The van der Waals surface area contributed by atoms with Gasteiger partial charge in [0, 0.05) is 93.7 Å². The van der Waals surface area contributed by atoms with Gasteiger partial charge in [0.05, 0.1) is 50.2 Å². The molecular weight excluding hydrogens is 1080 g/mol. The van der Waals surface area contributed by atoms with E-state index >= 15 is 0 Å². The van der Waals surface area contributed by atoms with Gasteiger partial charge < -0.3 is 27.4 Å². The molecule has 0 radical (unpaired) electrons. The number of aromatic nitrogens is 2. The second-order valence-electron chi connectivity index (χ2n) is 23.6. The lowest BCUT2D eigenvalue weighted by atomic mass is 9.91. The Labute approximate surface area is 513 Å². The summed E-state index contributed by atoms with van der Waals surface area (Å²) in [5.41, 5.74) is 22.6. The second-order valence-corrected chi connectivity index (χ2v) is 23.6. The van der Waals surface area contributed by atoms with Gasteiger partial charge in [0.15, 0.2) is 11.2 Å². The Morgan fingerprint density at radius 3 is 1.30 bits per heavy atom. The lowest BCUT2D eigenvalue weighted by molar-refractivity contribution is 0.663. The van der Waals surface area contributed by atoms with Gasteiger partial charge in [-0.25, -0.2) is 0 Å². The van der Waals surface area contributed by atoms with E-state index in [4.69, 9.17) is 15.4 Å². The normalized spacial score (nSPS) is 12.5. The largest absolute Gasteiger partial charge is 0.454 e. The highest BCUT2D eigenvalue weighted by molar-refractivity contribution is 6.25. The molecular formula is C83H58N4O2. The van der Waals surface area contributed by atoms with Crippen molar-refractivity contribution in [1.29, 1.82) is 0 Å². The van der Waals surface area contributed by atoms with Crippen LogP contribution in [0.15, 0.2) is 276 Å². The number of furan rings is 2. The molecule has 18 aromatic rings. The predicted octanol–water partition coefficient (Wildman–Crippen LogP) is 20.8. The average molecular weight is 1140 g/mol. The van der Waals surface area contributed by atoms with Gasteiger partial charge in [-0.15, -0.1) is 0 Å². The summed E-state index contributed by atoms with van der Waals surface area (Å²) in [5.74, 6) is 0. The minimum Gasteiger partial charge on any atom is -0.454 e. The number of fused-ring (bicyclic) bond motifs is 12. The lowest BCUT2D eigenvalue weighted by Gasteiger charge is -2.26. The number of hydrogen-bond donors (Lipinski definition) is 0. The van der Waals surface area contributed by atoms with Crippen LogP contribution in [0.25, 0.3) is 110 Å². The Bertz CT molecular complexity index is 5940. The summed E-state index contributed by atoms with van der Waals surface area (Å²) in [6.07, 6.45) is 2.42. The highest BCUT2D eigenvalue weighted by atomic mass is 16.3. The molecule has 0 atom stereocenters. The van der Waals surface area contributed by atoms with E-state index in [0.29, 0.717) is 6.42 Å². The van der Waals surface area contributed by atoms with Crippen LogP contribution in [-0.4, -0.2) is 8.80 Å². The molecule has 0 bridgehead atoms. The fourth-order valence-electron chi connectivity index (χ4n) is 15.2. The molecule has 6 heterocycles. The molecule has 6 heteroatoms. The Hall–Kier alpha value is -11.3. The number of aryl methyl sites for hydroxylation is 2. The smallest absolute Gasteiger partial charge is 0.159 e. The third-order valence-corrected chi connectivity index (χ3v) is 18.9. The second kappa shape index (κ2) is 19.9. The molecule has 0 aliphatic heterocycles. The van der Waals surface area contributed by atoms with Gasteiger partial charge in [0.1, 0.15) is 11.2 Å². The molecule has 0 spiro atoms. The predicted molar refractivity (Wildman–Crippen MR) is 372 cm³/mol. The van der Waals surface area contributed by atoms with Gasteiger partial charge in [-0.05, 0) is 95.8 Å². The molecule has 0 N–H and O–H groups in total. The Kier molecular flexibility index (Phi) is 11.4. The van der Waals surface area contributed by atoms with Crippen LogP contribution in [0.4, 0.5) is 34.1 Å². The van der Waals surface area contributed by atoms with Crippen LogP contribution < -0.4 is 20.4 Å². The van der Waals surface area contributed by atoms with E-state index in [2.05, 4.69) is 299 Å². The van der Waals surface area contributed by atoms with Gasteiger partial charge >= 0.3 is 0 Å². The van der Waals surface area contributed by atoms with Crippen molar-refractivity contribution in [2.45, 2.75) is 33.1 Å². The average Bonchev–Trinajstić information content (AvgIpc) is 1.60. The third-order valence-electron chi connectivity index (χ3n) is 18.9. The molecule has 0 aliphatic carbocycles. The highest BCUT2D eigenvalue weighted by Gasteiger charge is 2.31. The maximum Gasteiger partial charge on any atom is 0.159 e.